The number of hydrogen-bond acceptors (Lipinski definition) is 6. The Morgan fingerprint density at radius 1 is 1.02 bits per heavy atom. The van der Waals surface area contributed by atoms with Gasteiger partial charge in [0.25, 0.3) is 0 Å². The Kier molecular flexibility index (Phi) is 10.1. The molecule has 0 saturated heterocycles. The number of benzene rings is 2. The first-order chi connectivity index (χ1) is 19.7. The Labute approximate surface area is 243 Å². The maximum atomic E-state index is 13.8. The maximum Gasteiger partial charge on any atom is 0.329 e. The third-order valence-electron chi connectivity index (χ3n) is 8.13. The van der Waals surface area contributed by atoms with Gasteiger partial charge in [0, 0.05) is 32.1 Å². The first-order valence-corrected chi connectivity index (χ1v) is 14.7. The number of nitrogens with one attached hydrogen (secondary N) is 1. The lowest BCUT2D eigenvalue weighted by atomic mass is 9.74. The number of nitrogens with zero attached hydrogens (tertiary/aromatic N) is 1. The molecule has 2 N–H and O–H groups in total. The van der Waals surface area contributed by atoms with Crippen LogP contribution in [-0.2, 0) is 14.3 Å². The monoisotopic (exact) mass is 568 g/mol. The van der Waals surface area contributed by atoms with E-state index in [1.807, 2.05) is 70.2 Å². The number of urea groups is 1. The summed E-state index contributed by atoms with van der Waals surface area (Å²) >= 11 is 0. The van der Waals surface area contributed by atoms with Gasteiger partial charge < -0.3 is 34.3 Å². The molecular formula is C32H44N2O7. The van der Waals surface area contributed by atoms with Gasteiger partial charge in [0.2, 0.25) is 0 Å². The number of rotatable bonds is 15. The lowest BCUT2D eigenvalue weighted by Gasteiger charge is -2.45. The van der Waals surface area contributed by atoms with Crippen molar-refractivity contribution in [3.05, 3.63) is 59.2 Å². The molecule has 224 valence electrons. The number of carboxylic acids is 1. The fraction of sp³-hybridized carbons (Fsp3) is 0.562. The van der Waals surface area contributed by atoms with E-state index in [1.165, 1.54) is 0 Å². The number of carboxylic acid groups (broad SMARTS) is 1. The summed E-state index contributed by atoms with van der Waals surface area (Å²) < 4.78 is 23.6. The number of hydrogen-bond donors (Lipinski definition) is 2. The molecule has 4 rings (SSSR count). The molecular weight excluding hydrogens is 524 g/mol. The molecule has 2 aliphatic rings. The highest BCUT2D eigenvalue weighted by atomic mass is 16.5. The van der Waals surface area contributed by atoms with Gasteiger partial charge in [-0.2, -0.15) is 0 Å². The predicted octanol–water partition coefficient (Wildman–Crippen LogP) is 5.84. The van der Waals surface area contributed by atoms with E-state index < -0.39 is 23.6 Å². The van der Waals surface area contributed by atoms with Crippen LogP contribution in [0.3, 0.4) is 0 Å². The predicted molar refractivity (Wildman–Crippen MR) is 156 cm³/mol. The van der Waals surface area contributed by atoms with Gasteiger partial charge in [0.05, 0.1) is 38.1 Å². The Bertz CT molecular complexity index is 1150. The Balaban J connectivity index is 1.60. The van der Waals surface area contributed by atoms with Crippen LogP contribution in [0.1, 0.15) is 88.1 Å². The standard InChI is InChI=1S/C32H44N2O7/c1-6-39-27-17-25(18-28(40-7-2)29(27)24-13-14-24)21(3)34(15-16-41-22(4)23-11-9-8-10-12-23)31(37)33-32(30(35)36)19-26(20-32)38-5/h8-12,17-18,21-22,24,26H,6-7,13-16,19-20H2,1-5H3,(H,33,37)(H,35,36)/t21-,22+,26?,32?/m1/s1. The molecule has 41 heavy (non-hydrogen) atoms. The third-order valence-corrected chi connectivity index (χ3v) is 8.13. The molecule has 0 spiro atoms. The second-order valence-electron chi connectivity index (χ2n) is 10.9. The molecule has 0 aromatic heterocycles. The van der Waals surface area contributed by atoms with Crippen molar-refractivity contribution >= 4 is 12.0 Å². The van der Waals surface area contributed by atoms with E-state index >= 15 is 0 Å². The first-order valence-electron chi connectivity index (χ1n) is 14.7. The molecule has 0 radical (unpaired) electrons. The smallest absolute Gasteiger partial charge is 0.329 e. The van der Waals surface area contributed by atoms with Gasteiger partial charge in [-0.3, -0.25) is 0 Å². The van der Waals surface area contributed by atoms with Crippen LogP contribution in [0.5, 0.6) is 11.5 Å². The van der Waals surface area contributed by atoms with Gasteiger partial charge in [-0.1, -0.05) is 30.3 Å². The summed E-state index contributed by atoms with van der Waals surface area (Å²) in [4.78, 5) is 27.7. The summed E-state index contributed by atoms with van der Waals surface area (Å²) in [5.41, 5.74) is 1.61. The van der Waals surface area contributed by atoms with Crippen molar-refractivity contribution < 1.29 is 33.6 Å². The summed E-state index contributed by atoms with van der Waals surface area (Å²) in [7, 11) is 1.55. The summed E-state index contributed by atoms with van der Waals surface area (Å²) in [5.74, 6) is 0.909. The van der Waals surface area contributed by atoms with Crippen LogP contribution in [0.25, 0.3) is 0 Å². The van der Waals surface area contributed by atoms with Crippen LogP contribution in [0, 0.1) is 0 Å². The zero-order chi connectivity index (χ0) is 29.6. The minimum Gasteiger partial charge on any atom is -0.493 e. The molecule has 2 fully saturated rings. The number of carbonyl (C=O) groups is 2. The topological polar surface area (TPSA) is 107 Å². The average molecular weight is 569 g/mol. The van der Waals surface area contributed by atoms with Crippen molar-refractivity contribution in [1.29, 1.82) is 0 Å². The number of aliphatic carboxylic acids is 1. The number of methoxy groups -OCH3 is 1. The van der Waals surface area contributed by atoms with Crippen molar-refractivity contribution in [1.82, 2.24) is 10.2 Å². The summed E-state index contributed by atoms with van der Waals surface area (Å²) in [6, 6.07) is 13.0. The van der Waals surface area contributed by atoms with Crippen LogP contribution in [0.15, 0.2) is 42.5 Å². The van der Waals surface area contributed by atoms with Crippen LogP contribution in [0.2, 0.25) is 0 Å². The minimum atomic E-state index is -1.36. The van der Waals surface area contributed by atoms with Crippen molar-refractivity contribution in [3.63, 3.8) is 0 Å². The fourth-order valence-corrected chi connectivity index (χ4v) is 5.48. The molecule has 0 unspecified atom stereocenters. The molecule has 0 bridgehead atoms. The van der Waals surface area contributed by atoms with E-state index in [-0.39, 0.29) is 38.2 Å². The van der Waals surface area contributed by atoms with E-state index in [1.54, 1.807) is 12.0 Å². The summed E-state index contributed by atoms with van der Waals surface area (Å²) in [6.45, 7) is 9.37. The average Bonchev–Trinajstić information content (AvgIpc) is 3.78. The van der Waals surface area contributed by atoms with Crippen LogP contribution in [0.4, 0.5) is 4.79 Å². The zero-order valence-electron chi connectivity index (χ0n) is 24.9. The molecule has 2 atom stereocenters. The Hall–Kier alpha value is -3.30. The van der Waals surface area contributed by atoms with Gasteiger partial charge in [-0.25, -0.2) is 9.59 Å². The van der Waals surface area contributed by atoms with Crippen molar-refractivity contribution in [2.75, 3.05) is 33.5 Å². The number of carbonyl (C=O) groups excluding carboxylic acids is 1. The van der Waals surface area contributed by atoms with Gasteiger partial charge in [0.1, 0.15) is 17.0 Å². The zero-order valence-corrected chi connectivity index (χ0v) is 24.9. The Morgan fingerprint density at radius 3 is 2.15 bits per heavy atom. The van der Waals surface area contributed by atoms with Crippen LogP contribution < -0.4 is 14.8 Å². The molecule has 2 aliphatic carbocycles. The van der Waals surface area contributed by atoms with Gasteiger partial charge in [0.15, 0.2) is 0 Å². The van der Waals surface area contributed by atoms with Gasteiger partial charge >= 0.3 is 12.0 Å². The molecule has 0 aliphatic heterocycles. The van der Waals surface area contributed by atoms with E-state index in [0.717, 1.165) is 41.0 Å². The second-order valence-corrected chi connectivity index (χ2v) is 10.9. The van der Waals surface area contributed by atoms with Crippen LogP contribution in [-0.4, -0.2) is 67.1 Å². The fourth-order valence-electron chi connectivity index (χ4n) is 5.48. The highest BCUT2D eigenvalue weighted by Crippen LogP contribution is 2.50. The molecule has 9 heteroatoms. The molecule has 2 saturated carbocycles. The van der Waals surface area contributed by atoms with Gasteiger partial charge in [-0.15, -0.1) is 0 Å². The SMILES string of the molecule is CCOc1cc([C@@H](C)N(CCO[C@@H](C)c2ccccc2)C(=O)NC2(C(=O)O)CC(OC)C2)cc(OCC)c1C1CC1. The summed E-state index contributed by atoms with van der Waals surface area (Å²) in [6.07, 6.45) is 2.26. The molecule has 2 aromatic rings. The largest absolute Gasteiger partial charge is 0.493 e. The first kappa shape index (κ1) is 30.7. The lowest BCUT2D eigenvalue weighted by molar-refractivity contribution is -0.155. The molecule has 2 aromatic carbocycles. The maximum absolute atomic E-state index is 13.8. The minimum absolute atomic E-state index is 0.164. The van der Waals surface area contributed by atoms with Crippen molar-refractivity contribution in [3.8, 4) is 11.5 Å². The third kappa shape index (κ3) is 7.13. The molecule has 2 amide bonds. The Morgan fingerprint density at radius 2 is 1.63 bits per heavy atom. The van der Waals surface area contributed by atoms with E-state index in [0.29, 0.717) is 19.1 Å². The van der Waals surface area contributed by atoms with Crippen LogP contribution >= 0.6 is 0 Å². The summed E-state index contributed by atoms with van der Waals surface area (Å²) in [5, 5.41) is 12.8. The van der Waals surface area contributed by atoms with E-state index in [2.05, 4.69) is 5.32 Å². The molecule has 9 nitrogen and oxygen atoms in total. The van der Waals surface area contributed by atoms with E-state index in [9.17, 15) is 14.7 Å². The number of ether oxygens (including phenoxy) is 4. The van der Waals surface area contributed by atoms with E-state index in [4.69, 9.17) is 18.9 Å². The lowest BCUT2D eigenvalue weighted by Crippen LogP contribution is -2.66. The van der Waals surface area contributed by atoms with Crippen molar-refractivity contribution in [2.45, 2.75) is 83.1 Å². The quantitative estimate of drug-likeness (QED) is 0.278. The number of amides is 2. The highest BCUT2D eigenvalue weighted by molar-refractivity contribution is 5.87. The van der Waals surface area contributed by atoms with Crippen molar-refractivity contribution in [2.24, 2.45) is 0 Å². The highest BCUT2D eigenvalue weighted by Gasteiger charge is 2.52. The normalized spacial score (nSPS) is 21.3. The molecule has 0 heterocycles. The second kappa shape index (κ2) is 13.6. The van der Waals surface area contributed by atoms with Gasteiger partial charge in [-0.05, 0) is 69.7 Å².